The maximum atomic E-state index is 13.2. The summed E-state index contributed by atoms with van der Waals surface area (Å²) >= 11 is 6.14. The molecule has 1 N–H and O–H groups in total. The number of hydrogen-bond donors (Lipinski definition) is 1. The van der Waals surface area contributed by atoms with Gasteiger partial charge in [0.15, 0.2) is 5.78 Å². The first-order valence-corrected chi connectivity index (χ1v) is 12.0. The van der Waals surface area contributed by atoms with Gasteiger partial charge in [0.2, 0.25) is 0 Å². The summed E-state index contributed by atoms with van der Waals surface area (Å²) in [6.07, 6.45) is 3.75. The molecule has 4 rings (SSSR count). The Bertz CT molecular complexity index is 1220. The zero-order valence-corrected chi connectivity index (χ0v) is 19.5. The summed E-state index contributed by atoms with van der Waals surface area (Å²) in [5.74, 6) is -0.255. The number of carbonyl (C=O) groups is 1. The Labute approximate surface area is 188 Å². The first-order valence-electron chi connectivity index (χ1n) is 10.1. The molecule has 5 nitrogen and oxygen atoms in total. The standard InChI is InChI=1S/C24H25ClN2O3S/c1-15-11-16(12-19-14-27(15)19)23(28)21-13-18(25)7-10-22(21)26-31(29,30)20-8-5-17(6-9-20)24(2,3)4/h5-13,19,26H,14H2,1-4H3. The van der Waals surface area contributed by atoms with Crippen LogP contribution in [-0.2, 0) is 15.4 Å². The van der Waals surface area contributed by atoms with Crippen molar-refractivity contribution in [3.8, 4) is 0 Å². The Kier molecular flexibility index (Phi) is 5.26. The van der Waals surface area contributed by atoms with Gasteiger partial charge < -0.3 is 4.90 Å². The number of rotatable bonds is 5. The molecule has 1 unspecified atom stereocenters. The Morgan fingerprint density at radius 3 is 2.42 bits per heavy atom. The molecule has 0 bridgehead atoms. The van der Waals surface area contributed by atoms with Crippen LogP contribution in [0.25, 0.3) is 0 Å². The van der Waals surface area contributed by atoms with E-state index in [9.17, 15) is 13.2 Å². The number of hydrogen-bond acceptors (Lipinski definition) is 4. The lowest BCUT2D eigenvalue weighted by molar-refractivity contribution is 0.103. The molecule has 2 aliphatic heterocycles. The molecule has 0 saturated carbocycles. The van der Waals surface area contributed by atoms with Crippen LogP contribution in [0.5, 0.6) is 0 Å². The molecule has 0 spiro atoms. The molecule has 0 amide bonds. The highest BCUT2D eigenvalue weighted by Crippen LogP contribution is 2.34. The minimum atomic E-state index is -3.88. The van der Waals surface area contributed by atoms with E-state index in [1.165, 1.54) is 12.1 Å². The molecule has 2 aromatic carbocycles. The molecule has 1 atom stereocenters. The van der Waals surface area contributed by atoms with Crippen molar-refractivity contribution in [2.75, 3.05) is 11.3 Å². The van der Waals surface area contributed by atoms with Crippen molar-refractivity contribution in [1.82, 2.24) is 4.90 Å². The Balaban J connectivity index is 1.65. The Hall–Kier alpha value is -2.57. The van der Waals surface area contributed by atoms with Crippen LogP contribution >= 0.6 is 11.6 Å². The van der Waals surface area contributed by atoms with E-state index in [0.29, 0.717) is 10.6 Å². The van der Waals surface area contributed by atoms with Gasteiger partial charge in [-0.05, 0) is 60.4 Å². The molecule has 0 radical (unpaired) electrons. The predicted molar refractivity (Wildman–Crippen MR) is 124 cm³/mol. The van der Waals surface area contributed by atoms with Gasteiger partial charge in [0, 0.05) is 28.4 Å². The number of allylic oxidation sites excluding steroid dienone is 3. The summed E-state index contributed by atoms with van der Waals surface area (Å²) in [7, 11) is -3.88. The molecular weight excluding hydrogens is 432 g/mol. The van der Waals surface area contributed by atoms with Gasteiger partial charge in [-0.2, -0.15) is 0 Å². The molecule has 0 aliphatic carbocycles. The monoisotopic (exact) mass is 456 g/mol. The fourth-order valence-electron chi connectivity index (χ4n) is 3.69. The summed E-state index contributed by atoms with van der Waals surface area (Å²) in [4.78, 5) is 15.5. The largest absolute Gasteiger partial charge is 0.364 e. The van der Waals surface area contributed by atoms with Crippen molar-refractivity contribution in [2.24, 2.45) is 0 Å². The van der Waals surface area contributed by atoms with E-state index in [1.807, 2.05) is 31.2 Å². The van der Waals surface area contributed by atoms with Gasteiger partial charge in [0.1, 0.15) is 0 Å². The summed E-state index contributed by atoms with van der Waals surface area (Å²) < 4.78 is 28.6. The number of fused-ring (bicyclic) bond motifs is 1. The van der Waals surface area contributed by atoms with E-state index in [1.54, 1.807) is 18.2 Å². The van der Waals surface area contributed by atoms with E-state index < -0.39 is 10.0 Å². The van der Waals surface area contributed by atoms with Crippen LogP contribution in [0.2, 0.25) is 5.02 Å². The lowest BCUT2D eigenvalue weighted by Crippen LogP contribution is -2.17. The smallest absolute Gasteiger partial charge is 0.261 e. The van der Waals surface area contributed by atoms with Gasteiger partial charge in [-0.3, -0.25) is 9.52 Å². The average molecular weight is 457 g/mol. The van der Waals surface area contributed by atoms with Crippen LogP contribution in [0.1, 0.15) is 43.6 Å². The zero-order valence-electron chi connectivity index (χ0n) is 17.9. The maximum Gasteiger partial charge on any atom is 0.261 e. The summed E-state index contributed by atoms with van der Waals surface area (Å²) in [5, 5.41) is 0.367. The van der Waals surface area contributed by atoms with E-state index in [-0.39, 0.29) is 33.4 Å². The number of ketones is 1. The predicted octanol–water partition coefficient (Wildman–Crippen LogP) is 5.15. The quantitative estimate of drug-likeness (QED) is 0.499. The number of carbonyl (C=O) groups excluding carboxylic acids is 1. The first-order chi connectivity index (χ1) is 14.5. The molecule has 2 aliphatic rings. The van der Waals surface area contributed by atoms with Gasteiger partial charge in [-0.15, -0.1) is 0 Å². The van der Waals surface area contributed by atoms with Crippen LogP contribution in [0, 0.1) is 0 Å². The molecule has 162 valence electrons. The number of nitrogens with zero attached hydrogens (tertiary/aromatic N) is 1. The van der Waals surface area contributed by atoms with E-state index >= 15 is 0 Å². The third kappa shape index (κ3) is 4.41. The van der Waals surface area contributed by atoms with Crippen LogP contribution in [0.15, 0.2) is 70.8 Å². The van der Waals surface area contributed by atoms with Crippen LogP contribution in [0.4, 0.5) is 5.69 Å². The number of benzene rings is 2. The van der Waals surface area contributed by atoms with Crippen LogP contribution in [-0.4, -0.2) is 31.7 Å². The number of halogens is 1. The topological polar surface area (TPSA) is 66.2 Å². The molecule has 7 heteroatoms. The highest BCUT2D eigenvalue weighted by atomic mass is 35.5. The van der Waals surface area contributed by atoms with Crippen molar-refractivity contribution in [3.05, 3.63) is 82.0 Å². The van der Waals surface area contributed by atoms with Crippen molar-refractivity contribution >= 4 is 33.1 Å². The molecule has 1 saturated heterocycles. The van der Waals surface area contributed by atoms with Gasteiger partial charge in [-0.1, -0.05) is 44.5 Å². The third-order valence-corrected chi connectivity index (χ3v) is 7.22. The second-order valence-corrected chi connectivity index (χ2v) is 11.1. The van der Waals surface area contributed by atoms with Gasteiger partial charge in [-0.25, -0.2) is 8.42 Å². The number of sulfonamides is 1. The van der Waals surface area contributed by atoms with Crippen molar-refractivity contribution < 1.29 is 13.2 Å². The van der Waals surface area contributed by atoms with Crippen LogP contribution < -0.4 is 4.72 Å². The molecule has 2 aromatic rings. The zero-order chi connectivity index (χ0) is 22.6. The molecule has 0 aromatic heterocycles. The minimum Gasteiger partial charge on any atom is -0.364 e. The van der Waals surface area contributed by atoms with E-state index in [2.05, 4.69) is 30.4 Å². The summed E-state index contributed by atoms with van der Waals surface area (Å²) in [5.41, 5.74) is 2.97. The summed E-state index contributed by atoms with van der Waals surface area (Å²) in [6.45, 7) is 9.06. The minimum absolute atomic E-state index is 0.0814. The number of nitrogens with one attached hydrogen (secondary N) is 1. The second kappa shape index (κ2) is 7.53. The Morgan fingerprint density at radius 2 is 1.81 bits per heavy atom. The fraction of sp³-hybridized carbons (Fsp3) is 0.292. The van der Waals surface area contributed by atoms with Crippen molar-refractivity contribution in [2.45, 2.75) is 44.0 Å². The molecule has 31 heavy (non-hydrogen) atoms. The van der Waals surface area contributed by atoms with Crippen molar-refractivity contribution in [3.63, 3.8) is 0 Å². The van der Waals surface area contributed by atoms with Gasteiger partial charge in [0.25, 0.3) is 10.0 Å². The molecular formula is C24H25ClN2O3S. The second-order valence-electron chi connectivity index (χ2n) is 9.03. The molecule has 1 fully saturated rings. The average Bonchev–Trinajstić information content (AvgIpc) is 3.48. The van der Waals surface area contributed by atoms with Gasteiger partial charge in [0.05, 0.1) is 16.6 Å². The maximum absolute atomic E-state index is 13.2. The normalized spacial score (nSPS) is 18.1. The fourth-order valence-corrected chi connectivity index (χ4v) is 4.95. The summed E-state index contributed by atoms with van der Waals surface area (Å²) in [6, 6.07) is 11.6. The van der Waals surface area contributed by atoms with Crippen LogP contribution in [0.3, 0.4) is 0 Å². The SMILES string of the molecule is CC1=CC(C(=O)c2cc(Cl)ccc2NS(=O)(=O)c2ccc(C(C)(C)C)cc2)=CC2CN12. The third-order valence-electron chi connectivity index (χ3n) is 5.60. The number of anilines is 1. The lowest BCUT2D eigenvalue weighted by atomic mass is 9.87. The van der Waals surface area contributed by atoms with Gasteiger partial charge >= 0.3 is 0 Å². The van der Waals surface area contributed by atoms with E-state index in [0.717, 1.165) is 17.8 Å². The highest BCUT2D eigenvalue weighted by Gasteiger charge is 2.36. The lowest BCUT2D eigenvalue weighted by Gasteiger charge is -2.19. The van der Waals surface area contributed by atoms with E-state index in [4.69, 9.17) is 11.6 Å². The Morgan fingerprint density at radius 1 is 1.13 bits per heavy atom. The molecule has 2 heterocycles. The van der Waals surface area contributed by atoms with Crippen molar-refractivity contribution in [1.29, 1.82) is 0 Å². The first kappa shape index (κ1) is 21.7. The number of Topliss-reactive ketones (excluding diaryl/α,β-unsaturated/α-hetero) is 1. The highest BCUT2D eigenvalue weighted by molar-refractivity contribution is 7.92.